The summed E-state index contributed by atoms with van der Waals surface area (Å²) in [6, 6.07) is 2.02. The summed E-state index contributed by atoms with van der Waals surface area (Å²) in [4.78, 5) is 14.4. The number of ether oxygens (including phenoxy) is 2. The van der Waals surface area contributed by atoms with Gasteiger partial charge in [-0.25, -0.2) is 4.79 Å². The molecule has 0 spiro atoms. The molecule has 2 N–H and O–H groups in total. The molecule has 1 aromatic heterocycles. The second kappa shape index (κ2) is 5.91. The van der Waals surface area contributed by atoms with Crippen LogP contribution >= 0.6 is 11.3 Å². The van der Waals surface area contributed by atoms with Crippen LogP contribution in [0.1, 0.15) is 22.2 Å². The normalized spacial score (nSPS) is 15.1. The van der Waals surface area contributed by atoms with E-state index in [4.69, 9.17) is 20.5 Å². The van der Waals surface area contributed by atoms with Crippen LogP contribution in [0.25, 0.3) is 0 Å². The predicted molar refractivity (Wildman–Crippen MR) is 72.4 cm³/mol. The van der Waals surface area contributed by atoms with Gasteiger partial charge < -0.3 is 20.1 Å². The van der Waals surface area contributed by atoms with E-state index in [1.807, 2.05) is 11.0 Å². The molecule has 1 aliphatic rings. The smallest absolute Gasteiger partial charge is 0.343 e. The number of thiophene rings is 1. The highest BCUT2D eigenvalue weighted by Crippen LogP contribution is 2.38. The molecule has 0 amide bonds. The second-order valence-corrected chi connectivity index (χ2v) is 4.96. The number of nitrogen functional groups attached to an aromatic ring is 1. The highest BCUT2D eigenvalue weighted by Gasteiger charge is 2.27. The van der Waals surface area contributed by atoms with Crippen LogP contribution in [0, 0.1) is 11.3 Å². The summed E-state index contributed by atoms with van der Waals surface area (Å²) in [6.07, 6.45) is 0. The molecule has 19 heavy (non-hydrogen) atoms. The van der Waals surface area contributed by atoms with Crippen molar-refractivity contribution in [3.63, 3.8) is 0 Å². The summed E-state index contributed by atoms with van der Waals surface area (Å²) in [5.74, 6) is -0.473. The maximum Gasteiger partial charge on any atom is 0.343 e. The van der Waals surface area contributed by atoms with E-state index in [9.17, 15) is 4.79 Å². The lowest BCUT2D eigenvalue weighted by atomic mass is 10.2. The molecular weight excluding hydrogens is 266 g/mol. The number of nitrogens with zero attached hydrogens (tertiary/aromatic N) is 2. The first-order valence-electron chi connectivity index (χ1n) is 6.01. The maximum atomic E-state index is 12.0. The van der Waals surface area contributed by atoms with Crippen molar-refractivity contribution < 1.29 is 14.3 Å². The molecule has 1 fully saturated rings. The van der Waals surface area contributed by atoms with Crippen molar-refractivity contribution in [2.75, 3.05) is 43.5 Å². The molecule has 0 bridgehead atoms. The summed E-state index contributed by atoms with van der Waals surface area (Å²) in [6.45, 7) is 4.57. The summed E-state index contributed by atoms with van der Waals surface area (Å²) >= 11 is 1.23. The lowest BCUT2D eigenvalue weighted by Crippen LogP contribution is -2.36. The number of anilines is 2. The molecule has 0 aromatic carbocycles. The monoisotopic (exact) mass is 281 g/mol. The van der Waals surface area contributed by atoms with Crippen molar-refractivity contribution in [3.8, 4) is 6.07 Å². The minimum Gasteiger partial charge on any atom is -0.462 e. The zero-order chi connectivity index (χ0) is 13.8. The van der Waals surface area contributed by atoms with Gasteiger partial charge in [0.25, 0.3) is 0 Å². The average molecular weight is 281 g/mol. The Morgan fingerprint density at radius 1 is 1.58 bits per heavy atom. The number of carbonyl (C=O) groups is 1. The van der Waals surface area contributed by atoms with Crippen molar-refractivity contribution in [1.29, 1.82) is 5.26 Å². The van der Waals surface area contributed by atoms with Crippen molar-refractivity contribution in [1.82, 2.24) is 0 Å². The molecule has 0 atom stereocenters. The van der Waals surface area contributed by atoms with Gasteiger partial charge in [-0.2, -0.15) is 5.26 Å². The molecular formula is C12H15N3O3S. The Labute approximate surface area is 115 Å². The average Bonchev–Trinajstić information content (AvgIpc) is 2.77. The zero-order valence-corrected chi connectivity index (χ0v) is 11.5. The molecule has 0 saturated carbocycles. The number of hydrogen-bond acceptors (Lipinski definition) is 7. The minimum atomic E-state index is -0.473. The van der Waals surface area contributed by atoms with E-state index in [-0.39, 0.29) is 12.3 Å². The number of carbonyl (C=O) groups excluding carboxylic acids is 1. The molecule has 0 unspecified atom stereocenters. The molecule has 0 aliphatic carbocycles. The van der Waals surface area contributed by atoms with Gasteiger partial charge >= 0.3 is 5.97 Å². The number of nitrogens with two attached hydrogens (primary N) is 1. The molecule has 1 saturated heterocycles. The third kappa shape index (κ3) is 2.64. The number of rotatable bonds is 3. The van der Waals surface area contributed by atoms with E-state index in [0.717, 1.165) is 0 Å². The fourth-order valence-corrected chi connectivity index (χ4v) is 2.96. The van der Waals surface area contributed by atoms with Crippen molar-refractivity contribution in [3.05, 3.63) is 10.4 Å². The van der Waals surface area contributed by atoms with E-state index in [0.29, 0.717) is 41.7 Å². The SMILES string of the molecule is CCOC(=O)c1c(N2CCOCC2)sc(C#N)c1N. The predicted octanol–water partition coefficient (Wildman–Crippen LogP) is 1.22. The highest BCUT2D eigenvalue weighted by molar-refractivity contribution is 7.17. The first-order chi connectivity index (χ1) is 9.19. The number of nitriles is 1. The van der Waals surface area contributed by atoms with Crippen LogP contribution < -0.4 is 10.6 Å². The molecule has 7 heteroatoms. The van der Waals surface area contributed by atoms with Gasteiger partial charge in [-0.15, -0.1) is 11.3 Å². The van der Waals surface area contributed by atoms with E-state index >= 15 is 0 Å². The van der Waals surface area contributed by atoms with Gasteiger partial charge in [0.05, 0.1) is 25.5 Å². The Hall–Kier alpha value is -1.78. The molecule has 0 radical (unpaired) electrons. The molecule has 6 nitrogen and oxygen atoms in total. The Morgan fingerprint density at radius 2 is 2.26 bits per heavy atom. The lowest BCUT2D eigenvalue weighted by molar-refractivity contribution is 0.0528. The summed E-state index contributed by atoms with van der Waals surface area (Å²) < 4.78 is 10.3. The van der Waals surface area contributed by atoms with Gasteiger partial charge in [0.15, 0.2) is 0 Å². The van der Waals surface area contributed by atoms with Crippen LogP contribution in [0.3, 0.4) is 0 Å². The third-order valence-corrected chi connectivity index (χ3v) is 3.98. The van der Waals surface area contributed by atoms with Crippen molar-refractivity contribution in [2.45, 2.75) is 6.92 Å². The van der Waals surface area contributed by atoms with Crippen LogP contribution in [0.4, 0.5) is 10.7 Å². The van der Waals surface area contributed by atoms with Gasteiger partial charge in [0.2, 0.25) is 0 Å². The Kier molecular flexibility index (Phi) is 4.24. The third-order valence-electron chi connectivity index (χ3n) is 2.81. The van der Waals surface area contributed by atoms with E-state index in [1.54, 1.807) is 6.92 Å². The van der Waals surface area contributed by atoms with E-state index in [1.165, 1.54) is 11.3 Å². The summed E-state index contributed by atoms with van der Waals surface area (Å²) in [5, 5.41) is 9.76. The quantitative estimate of drug-likeness (QED) is 0.838. The van der Waals surface area contributed by atoms with Crippen LogP contribution in [0.5, 0.6) is 0 Å². The van der Waals surface area contributed by atoms with E-state index in [2.05, 4.69) is 0 Å². The highest BCUT2D eigenvalue weighted by atomic mass is 32.1. The summed E-state index contributed by atoms with van der Waals surface area (Å²) in [5.41, 5.74) is 6.41. The molecule has 1 aromatic rings. The number of morpholine rings is 1. The molecule has 1 aliphatic heterocycles. The van der Waals surface area contributed by atoms with Crippen LogP contribution in [0.15, 0.2) is 0 Å². The lowest BCUT2D eigenvalue weighted by Gasteiger charge is -2.28. The van der Waals surface area contributed by atoms with Crippen LogP contribution in [-0.4, -0.2) is 38.9 Å². The van der Waals surface area contributed by atoms with Crippen molar-refractivity contribution in [2.24, 2.45) is 0 Å². The van der Waals surface area contributed by atoms with Crippen molar-refractivity contribution >= 4 is 28.0 Å². The van der Waals surface area contributed by atoms with Gasteiger partial charge in [-0.3, -0.25) is 0 Å². The van der Waals surface area contributed by atoms with Crippen LogP contribution in [-0.2, 0) is 9.47 Å². The fourth-order valence-electron chi connectivity index (χ4n) is 1.90. The van der Waals surface area contributed by atoms with Gasteiger partial charge in [0.1, 0.15) is 21.5 Å². The maximum absolute atomic E-state index is 12.0. The first-order valence-corrected chi connectivity index (χ1v) is 6.82. The number of hydrogen-bond donors (Lipinski definition) is 1. The standard InChI is InChI=1S/C12H15N3O3S/c1-2-18-12(16)9-10(14)8(7-13)19-11(9)15-3-5-17-6-4-15/h2-6,14H2,1H3. The minimum absolute atomic E-state index is 0.215. The Balaban J connectivity index is 2.40. The largest absolute Gasteiger partial charge is 0.462 e. The van der Waals surface area contributed by atoms with Gasteiger partial charge in [0, 0.05) is 13.1 Å². The topological polar surface area (TPSA) is 88.6 Å². The molecule has 2 heterocycles. The molecule has 102 valence electrons. The zero-order valence-electron chi connectivity index (χ0n) is 10.6. The van der Waals surface area contributed by atoms with E-state index < -0.39 is 5.97 Å². The molecule has 2 rings (SSSR count). The Bertz CT molecular complexity index is 515. The first kappa shape index (κ1) is 13.6. The Morgan fingerprint density at radius 3 is 2.84 bits per heavy atom. The van der Waals surface area contributed by atoms with Crippen LogP contribution in [0.2, 0.25) is 0 Å². The van der Waals surface area contributed by atoms with Gasteiger partial charge in [-0.1, -0.05) is 0 Å². The summed E-state index contributed by atoms with van der Waals surface area (Å²) in [7, 11) is 0. The van der Waals surface area contributed by atoms with Gasteiger partial charge in [-0.05, 0) is 6.92 Å². The second-order valence-electron chi connectivity index (χ2n) is 3.96. The number of esters is 1. The fraction of sp³-hybridized carbons (Fsp3) is 0.500.